The van der Waals surface area contributed by atoms with Gasteiger partial charge in [-0.25, -0.2) is 0 Å². The molecule has 2 heteroatoms. The van der Waals surface area contributed by atoms with Gasteiger partial charge in [-0.15, -0.1) is 0 Å². The summed E-state index contributed by atoms with van der Waals surface area (Å²) in [5, 5.41) is 4.36. The first-order chi connectivity index (χ1) is 9.49. The minimum Gasteiger partial charge on any atom is -0.312 e. The first kappa shape index (κ1) is 15.1. The van der Waals surface area contributed by atoms with Gasteiger partial charge in [-0.2, -0.15) is 0 Å². The van der Waals surface area contributed by atoms with Gasteiger partial charge in [0.1, 0.15) is 0 Å². The van der Waals surface area contributed by atoms with Gasteiger partial charge in [-0.1, -0.05) is 61.8 Å². The van der Waals surface area contributed by atoms with E-state index in [2.05, 4.69) is 62.5 Å². The van der Waals surface area contributed by atoms with Gasteiger partial charge in [0.15, 0.2) is 0 Å². The monoisotopic (exact) mass is 287 g/mol. The average molecular weight is 288 g/mol. The maximum absolute atomic E-state index is 5.98. The molecule has 2 aromatic rings. The summed E-state index contributed by atoms with van der Waals surface area (Å²) in [6.45, 7) is 8.46. The van der Waals surface area contributed by atoms with Gasteiger partial charge in [0.05, 0.1) is 0 Å². The quantitative estimate of drug-likeness (QED) is 0.839. The molecule has 0 aliphatic heterocycles. The molecule has 1 N–H and O–H groups in total. The Morgan fingerprint density at radius 2 is 1.75 bits per heavy atom. The molecule has 0 amide bonds. The molecule has 106 valence electrons. The normalized spacial score (nSPS) is 11.6. The highest BCUT2D eigenvalue weighted by Crippen LogP contribution is 2.22. The zero-order chi connectivity index (χ0) is 14.6. The smallest absolute Gasteiger partial charge is 0.0408 e. The van der Waals surface area contributed by atoms with Crippen LogP contribution in [0.3, 0.4) is 0 Å². The molecule has 2 rings (SSSR count). The van der Waals surface area contributed by atoms with Gasteiger partial charge in [-0.3, -0.25) is 0 Å². The van der Waals surface area contributed by atoms with Crippen LogP contribution in [0.5, 0.6) is 0 Å². The lowest BCUT2D eigenvalue weighted by Crippen LogP contribution is -2.32. The molecule has 0 aliphatic rings. The summed E-state index contributed by atoms with van der Waals surface area (Å²) in [5.74, 6) is 0. The molecule has 0 aliphatic carbocycles. The lowest BCUT2D eigenvalue weighted by atomic mass is 9.84. The largest absolute Gasteiger partial charge is 0.312 e. The molecule has 1 nitrogen and oxygen atoms in total. The zero-order valence-electron chi connectivity index (χ0n) is 12.4. The number of nitrogens with one attached hydrogen (secondary N) is 1. The Labute approximate surface area is 127 Å². The Morgan fingerprint density at radius 1 is 1.05 bits per heavy atom. The Kier molecular flexibility index (Phi) is 4.85. The van der Waals surface area contributed by atoms with Crippen molar-refractivity contribution in [1.29, 1.82) is 0 Å². The molecular formula is C18H22ClN. The van der Waals surface area contributed by atoms with E-state index in [1.54, 1.807) is 0 Å². The van der Waals surface area contributed by atoms with E-state index in [-0.39, 0.29) is 5.41 Å². The molecule has 0 aromatic heterocycles. The summed E-state index contributed by atoms with van der Waals surface area (Å²) >= 11 is 5.98. The van der Waals surface area contributed by atoms with Gasteiger partial charge >= 0.3 is 0 Å². The van der Waals surface area contributed by atoms with Gasteiger partial charge < -0.3 is 5.32 Å². The highest BCUT2D eigenvalue weighted by Gasteiger charge is 2.19. The number of halogens is 1. The summed E-state index contributed by atoms with van der Waals surface area (Å²) in [6, 6.07) is 16.7. The SMILES string of the molecule is Cc1cc(Cl)ccc1CNCC(C)(C)c1ccccc1. The van der Waals surface area contributed by atoms with E-state index in [0.29, 0.717) is 0 Å². The van der Waals surface area contributed by atoms with Crippen LogP contribution in [-0.2, 0) is 12.0 Å². The standard InChI is InChI=1S/C18H22ClN/c1-14-11-17(19)10-9-15(14)12-20-13-18(2,3)16-7-5-4-6-8-16/h4-11,20H,12-13H2,1-3H3. The molecule has 0 radical (unpaired) electrons. The summed E-state index contributed by atoms with van der Waals surface area (Å²) in [7, 11) is 0. The summed E-state index contributed by atoms with van der Waals surface area (Å²) < 4.78 is 0. The van der Waals surface area contributed by atoms with E-state index in [4.69, 9.17) is 11.6 Å². The fourth-order valence-corrected chi connectivity index (χ4v) is 2.59. The molecule has 0 saturated heterocycles. The maximum Gasteiger partial charge on any atom is 0.0408 e. The molecular weight excluding hydrogens is 266 g/mol. The van der Waals surface area contributed by atoms with E-state index in [9.17, 15) is 0 Å². The van der Waals surface area contributed by atoms with Crippen molar-refractivity contribution < 1.29 is 0 Å². The highest BCUT2D eigenvalue weighted by atomic mass is 35.5. The van der Waals surface area contributed by atoms with Crippen molar-refractivity contribution in [3.8, 4) is 0 Å². The second kappa shape index (κ2) is 6.43. The van der Waals surface area contributed by atoms with Crippen LogP contribution in [0.4, 0.5) is 0 Å². The maximum atomic E-state index is 5.98. The van der Waals surface area contributed by atoms with E-state index >= 15 is 0 Å². The topological polar surface area (TPSA) is 12.0 Å². The Hall–Kier alpha value is -1.31. The number of hydrogen-bond donors (Lipinski definition) is 1. The van der Waals surface area contributed by atoms with Crippen molar-refractivity contribution in [2.45, 2.75) is 32.7 Å². The predicted octanol–water partition coefficient (Wildman–Crippen LogP) is 4.72. The van der Waals surface area contributed by atoms with Gasteiger partial charge in [-0.05, 0) is 35.7 Å². The Balaban J connectivity index is 1.95. The van der Waals surface area contributed by atoms with Crippen molar-refractivity contribution in [3.05, 3.63) is 70.2 Å². The lowest BCUT2D eigenvalue weighted by Gasteiger charge is -2.26. The first-order valence-electron chi connectivity index (χ1n) is 7.00. The molecule has 0 spiro atoms. The third-order valence-electron chi connectivity index (χ3n) is 3.74. The average Bonchev–Trinajstić information content (AvgIpc) is 2.42. The molecule has 0 fully saturated rings. The fraction of sp³-hybridized carbons (Fsp3) is 0.333. The van der Waals surface area contributed by atoms with Crippen molar-refractivity contribution in [1.82, 2.24) is 5.32 Å². The molecule has 0 unspecified atom stereocenters. The molecule has 0 atom stereocenters. The van der Waals surface area contributed by atoms with Gasteiger partial charge in [0, 0.05) is 23.5 Å². The van der Waals surface area contributed by atoms with Crippen molar-refractivity contribution in [2.24, 2.45) is 0 Å². The zero-order valence-corrected chi connectivity index (χ0v) is 13.2. The fourth-order valence-electron chi connectivity index (χ4n) is 2.36. The Bertz CT molecular complexity index is 561. The molecule has 0 heterocycles. The van der Waals surface area contributed by atoms with Crippen LogP contribution in [0, 0.1) is 6.92 Å². The number of rotatable bonds is 5. The van der Waals surface area contributed by atoms with Crippen molar-refractivity contribution in [3.63, 3.8) is 0 Å². The van der Waals surface area contributed by atoms with Gasteiger partial charge in [0.2, 0.25) is 0 Å². The summed E-state index contributed by atoms with van der Waals surface area (Å²) in [6.07, 6.45) is 0. The third-order valence-corrected chi connectivity index (χ3v) is 3.98. The molecule has 2 aromatic carbocycles. The third kappa shape index (κ3) is 3.84. The minimum atomic E-state index is 0.127. The van der Waals surface area contributed by atoms with Crippen LogP contribution in [0.1, 0.15) is 30.5 Å². The van der Waals surface area contributed by atoms with Crippen molar-refractivity contribution in [2.75, 3.05) is 6.54 Å². The van der Waals surface area contributed by atoms with Crippen LogP contribution < -0.4 is 5.32 Å². The van der Waals surface area contributed by atoms with Crippen LogP contribution in [0.15, 0.2) is 48.5 Å². The highest BCUT2D eigenvalue weighted by molar-refractivity contribution is 6.30. The van der Waals surface area contributed by atoms with Crippen LogP contribution >= 0.6 is 11.6 Å². The van der Waals surface area contributed by atoms with Crippen LogP contribution in [0.2, 0.25) is 5.02 Å². The number of aryl methyl sites for hydroxylation is 1. The van der Waals surface area contributed by atoms with Crippen LogP contribution in [-0.4, -0.2) is 6.54 Å². The molecule has 0 saturated carbocycles. The second-order valence-electron chi connectivity index (χ2n) is 5.92. The Morgan fingerprint density at radius 3 is 2.40 bits per heavy atom. The van der Waals surface area contributed by atoms with Crippen LogP contribution in [0.25, 0.3) is 0 Å². The molecule has 20 heavy (non-hydrogen) atoms. The summed E-state index contributed by atoms with van der Waals surface area (Å²) in [5.41, 5.74) is 4.03. The molecule has 0 bridgehead atoms. The number of benzene rings is 2. The van der Waals surface area contributed by atoms with E-state index in [1.165, 1.54) is 16.7 Å². The van der Waals surface area contributed by atoms with E-state index in [1.807, 2.05) is 12.1 Å². The predicted molar refractivity (Wildman–Crippen MR) is 87.4 cm³/mol. The first-order valence-corrected chi connectivity index (χ1v) is 7.38. The van der Waals surface area contributed by atoms with Crippen molar-refractivity contribution >= 4 is 11.6 Å². The number of hydrogen-bond acceptors (Lipinski definition) is 1. The minimum absolute atomic E-state index is 0.127. The summed E-state index contributed by atoms with van der Waals surface area (Å²) in [4.78, 5) is 0. The van der Waals surface area contributed by atoms with E-state index in [0.717, 1.165) is 18.1 Å². The van der Waals surface area contributed by atoms with E-state index < -0.39 is 0 Å². The van der Waals surface area contributed by atoms with Gasteiger partial charge in [0.25, 0.3) is 0 Å². The lowest BCUT2D eigenvalue weighted by molar-refractivity contribution is 0.468. The second-order valence-corrected chi connectivity index (χ2v) is 6.36.